The average Bonchev–Trinajstić information content (AvgIpc) is 3.23. The fourth-order valence-electron chi connectivity index (χ4n) is 4.55. The number of benzene rings is 4. The summed E-state index contributed by atoms with van der Waals surface area (Å²) in [7, 11) is 1.55. The molecule has 0 bridgehead atoms. The van der Waals surface area contributed by atoms with E-state index in [1.165, 1.54) is 0 Å². The van der Waals surface area contributed by atoms with Crippen molar-refractivity contribution in [1.82, 2.24) is 4.90 Å². The summed E-state index contributed by atoms with van der Waals surface area (Å²) in [5, 5.41) is 4.52. The largest absolute Gasteiger partial charge is 0.493 e. The van der Waals surface area contributed by atoms with Gasteiger partial charge in [0.1, 0.15) is 13.2 Å². The van der Waals surface area contributed by atoms with Gasteiger partial charge in [0.2, 0.25) is 5.91 Å². The molecule has 1 fully saturated rings. The van der Waals surface area contributed by atoms with Crippen molar-refractivity contribution < 1.29 is 23.9 Å². The van der Waals surface area contributed by atoms with Gasteiger partial charge in [0.25, 0.3) is 11.1 Å². The van der Waals surface area contributed by atoms with Gasteiger partial charge in [-0.1, -0.05) is 74.5 Å². The number of methoxy groups -OCH3 is 1. The van der Waals surface area contributed by atoms with Crippen LogP contribution >= 0.6 is 11.8 Å². The number of amides is 3. The minimum atomic E-state index is -0.513. The Kier molecular flexibility index (Phi) is 8.40. The molecule has 1 aliphatic rings. The molecule has 5 rings (SSSR count). The Morgan fingerprint density at radius 1 is 0.951 bits per heavy atom. The molecule has 1 heterocycles. The van der Waals surface area contributed by atoms with Gasteiger partial charge in [-0.2, -0.15) is 0 Å². The van der Waals surface area contributed by atoms with Crippen molar-refractivity contribution in [2.24, 2.45) is 0 Å². The van der Waals surface area contributed by atoms with E-state index in [1.54, 1.807) is 31.4 Å². The number of ether oxygens (including phenoxy) is 2. The van der Waals surface area contributed by atoms with E-state index in [0.29, 0.717) is 35.3 Å². The predicted octanol–water partition coefficient (Wildman–Crippen LogP) is 7.23. The number of anilines is 1. The maximum absolute atomic E-state index is 13.0. The first-order chi connectivity index (χ1) is 19.8. The summed E-state index contributed by atoms with van der Waals surface area (Å²) in [6, 6.07) is 27.1. The predicted molar refractivity (Wildman–Crippen MR) is 163 cm³/mol. The first-order valence-electron chi connectivity index (χ1n) is 13.2. The van der Waals surface area contributed by atoms with Crippen LogP contribution in [0.4, 0.5) is 10.5 Å². The topological polar surface area (TPSA) is 84.9 Å². The van der Waals surface area contributed by atoms with Gasteiger partial charge >= 0.3 is 0 Å². The third-order valence-electron chi connectivity index (χ3n) is 6.78. The number of fused-ring (bicyclic) bond motifs is 1. The standard InChI is InChI=1S/C33H30N2O5S/c1-21(2)23-12-14-26(15-13-23)34-31(36)19-35-32(37)30(41-33(35)38)18-22-11-16-28(29(17-22)39-3)40-20-25-9-6-8-24-7-4-5-10-27(24)25/h4-18,21H,19-20H2,1-3H3,(H,34,36)/b30-18+. The third-order valence-corrected chi connectivity index (χ3v) is 7.69. The number of imide groups is 1. The number of rotatable bonds is 9. The van der Waals surface area contributed by atoms with Crippen LogP contribution in [0.1, 0.15) is 36.5 Å². The quantitative estimate of drug-likeness (QED) is 0.215. The van der Waals surface area contributed by atoms with Gasteiger partial charge in [-0.3, -0.25) is 19.3 Å². The Labute approximate surface area is 243 Å². The summed E-state index contributed by atoms with van der Waals surface area (Å²) >= 11 is 0.803. The minimum absolute atomic E-state index is 0.232. The van der Waals surface area contributed by atoms with Crippen LogP contribution in [0.25, 0.3) is 16.8 Å². The zero-order valence-electron chi connectivity index (χ0n) is 23.0. The van der Waals surface area contributed by atoms with Crippen LogP contribution in [0.2, 0.25) is 0 Å². The highest BCUT2D eigenvalue weighted by Gasteiger charge is 2.36. The molecule has 1 saturated heterocycles. The number of nitrogens with one attached hydrogen (secondary N) is 1. The summed E-state index contributed by atoms with van der Waals surface area (Å²) in [6.07, 6.45) is 1.62. The van der Waals surface area contributed by atoms with E-state index in [1.807, 2.05) is 48.5 Å². The van der Waals surface area contributed by atoms with Gasteiger partial charge in [0.15, 0.2) is 11.5 Å². The second-order valence-electron chi connectivity index (χ2n) is 9.93. The molecular weight excluding hydrogens is 536 g/mol. The van der Waals surface area contributed by atoms with Crippen molar-refractivity contribution in [2.75, 3.05) is 19.0 Å². The first-order valence-corrected chi connectivity index (χ1v) is 14.1. The monoisotopic (exact) mass is 566 g/mol. The highest BCUT2D eigenvalue weighted by molar-refractivity contribution is 8.18. The summed E-state index contributed by atoms with van der Waals surface area (Å²) in [4.78, 5) is 39.3. The van der Waals surface area contributed by atoms with Gasteiger partial charge in [-0.15, -0.1) is 0 Å². The summed E-state index contributed by atoms with van der Waals surface area (Å²) < 4.78 is 11.6. The van der Waals surface area contributed by atoms with E-state index in [4.69, 9.17) is 9.47 Å². The normalized spacial score (nSPS) is 14.2. The lowest BCUT2D eigenvalue weighted by atomic mass is 10.0. The molecule has 0 saturated carbocycles. The van der Waals surface area contributed by atoms with E-state index in [-0.39, 0.29) is 11.4 Å². The number of thioether (sulfide) groups is 1. The highest BCUT2D eigenvalue weighted by Crippen LogP contribution is 2.35. The molecule has 8 heteroatoms. The number of carbonyl (C=O) groups is 3. The maximum Gasteiger partial charge on any atom is 0.294 e. The summed E-state index contributed by atoms with van der Waals surface area (Å²) in [5.74, 6) is 0.478. The molecule has 0 spiro atoms. The van der Waals surface area contributed by atoms with Crippen molar-refractivity contribution in [3.63, 3.8) is 0 Å². The Balaban J connectivity index is 1.24. The molecule has 208 valence electrons. The molecule has 4 aromatic rings. The number of carbonyl (C=O) groups excluding carboxylic acids is 3. The summed E-state index contributed by atoms with van der Waals surface area (Å²) in [6.45, 7) is 4.18. The number of hydrogen-bond acceptors (Lipinski definition) is 6. The van der Waals surface area contributed by atoms with Crippen LogP contribution in [-0.4, -0.2) is 35.6 Å². The molecule has 0 aliphatic carbocycles. The van der Waals surface area contributed by atoms with Crippen LogP contribution < -0.4 is 14.8 Å². The van der Waals surface area contributed by atoms with Crippen LogP contribution in [0.15, 0.2) is 89.8 Å². The Hall–Kier alpha value is -4.56. The van der Waals surface area contributed by atoms with Gasteiger partial charge in [-0.05, 0) is 75.5 Å². The van der Waals surface area contributed by atoms with Crippen molar-refractivity contribution in [3.05, 3.63) is 107 Å². The van der Waals surface area contributed by atoms with E-state index < -0.39 is 17.1 Å². The van der Waals surface area contributed by atoms with Crippen molar-refractivity contribution in [1.29, 1.82) is 0 Å². The molecule has 7 nitrogen and oxygen atoms in total. The van der Waals surface area contributed by atoms with Gasteiger partial charge in [0.05, 0.1) is 12.0 Å². The van der Waals surface area contributed by atoms with Crippen LogP contribution in [-0.2, 0) is 16.2 Å². The van der Waals surface area contributed by atoms with Crippen molar-refractivity contribution >= 4 is 51.4 Å². The van der Waals surface area contributed by atoms with Crippen LogP contribution in [0.5, 0.6) is 11.5 Å². The molecular formula is C33H30N2O5S. The van der Waals surface area contributed by atoms with Gasteiger partial charge < -0.3 is 14.8 Å². The number of hydrogen-bond donors (Lipinski definition) is 1. The molecule has 1 N–H and O–H groups in total. The molecule has 1 aliphatic heterocycles. The highest BCUT2D eigenvalue weighted by atomic mass is 32.2. The smallest absolute Gasteiger partial charge is 0.294 e. The molecule has 3 amide bonds. The maximum atomic E-state index is 13.0. The Bertz CT molecular complexity index is 1640. The van der Waals surface area contributed by atoms with E-state index in [9.17, 15) is 14.4 Å². The number of nitrogens with zero attached hydrogens (tertiary/aromatic N) is 1. The average molecular weight is 567 g/mol. The zero-order valence-corrected chi connectivity index (χ0v) is 23.9. The van der Waals surface area contributed by atoms with E-state index in [0.717, 1.165) is 38.6 Å². The fourth-order valence-corrected chi connectivity index (χ4v) is 5.39. The summed E-state index contributed by atoms with van der Waals surface area (Å²) in [5.41, 5.74) is 3.48. The second kappa shape index (κ2) is 12.3. The molecule has 0 unspecified atom stereocenters. The SMILES string of the molecule is COc1cc(/C=C2/SC(=O)N(CC(=O)Nc3ccc(C(C)C)cc3)C2=O)ccc1OCc1cccc2ccccc12. The third kappa shape index (κ3) is 6.44. The van der Waals surface area contributed by atoms with Crippen LogP contribution in [0, 0.1) is 0 Å². The Morgan fingerprint density at radius 3 is 2.46 bits per heavy atom. The van der Waals surface area contributed by atoms with Gasteiger partial charge in [0, 0.05) is 5.69 Å². The fraction of sp³-hybridized carbons (Fsp3) is 0.182. The van der Waals surface area contributed by atoms with E-state index >= 15 is 0 Å². The lowest BCUT2D eigenvalue weighted by Gasteiger charge is -2.13. The lowest BCUT2D eigenvalue weighted by Crippen LogP contribution is -2.36. The zero-order chi connectivity index (χ0) is 28.9. The molecule has 0 radical (unpaired) electrons. The van der Waals surface area contributed by atoms with Crippen LogP contribution in [0.3, 0.4) is 0 Å². The molecule has 41 heavy (non-hydrogen) atoms. The molecule has 0 aromatic heterocycles. The minimum Gasteiger partial charge on any atom is -0.493 e. The molecule has 4 aromatic carbocycles. The van der Waals surface area contributed by atoms with E-state index in [2.05, 4.69) is 37.4 Å². The lowest BCUT2D eigenvalue weighted by molar-refractivity contribution is -0.127. The Morgan fingerprint density at radius 2 is 1.71 bits per heavy atom. The van der Waals surface area contributed by atoms with Crippen molar-refractivity contribution in [3.8, 4) is 11.5 Å². The molecule has 0 atom stereocenters. The van der Waals surface area contributed by atoms with Gasteiger partial charge in [-0.25, -0.2) is 0 Å². The van der Waals surface area contributed by atoms with Crippen molar-refractivity contribution in [2.45, 2.75) is 26.4 Å². The first kappa shape index (κ1) is 28.0. The second-order valence-corrected chi connectivity index (χ2v) is 10.9.